The van der Waals surface area contributed by atoms with Gasteiger partial charge in [0, 0.05) is 29.4 Å². The number of alkyl halides is 6. The molecule has 4 heterocycles. The molecule has 1 N–H and O–H groups in total. The molecule has 12 heteroatoms. The van der Waals surface area contributed by atoms with Crippen molar-refractivity contribution in [3.8, 4) is 11.3 Å². The largest absolute Gasteiger partial charge is 0.433 e. The Hall–Kier alpha value is -4.22. The van der Waals surface area contributed by atoms with E-state index in [0.717, 1.165) is 57.0 Å². The molecule has 2 aliphatic rings. The Balaban J connectivity index is 1.42. The molecule has 0 spiro atoms. The summed E-state index contributed by atoms with van der Waals surface area (Å²) in [5.74, 6) is 1.23. The van der Waals surface area contributed by atoms with Gasteiger partial charge in [0.2, 0.25) is 0 Å². The van der Waals surface area contributed by atoms with E-state index in [9.17, 15) is 26.3 Å². The van der Waals surface area contributed by atoms with Crippen LogP contribution in [0.25, 0.3) is 22.2 Å². The lowest BCUT2D eigenvalue weighted by atomic mass is 9.85. The smallest absolute Gasteiger partial charge is 0.367 e. The number of hydrogen-bond donors (Lipinski definition) is 1. The highest BCUT2D eigenvalue weighted by atomic mass is 19.4. The fraction of sp³-hybridized carbons (Fsp3) is 0.333. The van der Waals surface area contributed by atoms with Crippen molar-refractivity contribution >= 4 is 22.4 Å². The molecule has 6 rings (SSSR count). The highest BCUT2D eigenvalue weighted by Crippen LogP contribution is 2.38. The minimum absolute atomic E-state index is 0.222. The first-order chi connectivity index (χ1) is 20.1. The maximum atomic E-state index is 13.8. The second kappa shape index (κ2) is 10.9. The maximum Gasteiger partial charge on any atom is 0.433 e. The molecule has 1 aliphatic heterocycles. The number of fused-ring (bicyclic) bond motifs is 2. The predicted octanol–water partition coefficient (Wildman–Crippen LogP) is 8.15. The Kier molecular flexibility index (Phi) is 7.24. The Morgan fingerprint density at radius 2 is 1.74 bits per heavy atom. The van der Waals surface area contributed by atoms with Crippen LogP contribution in [0.15, 0.2) is 66.6 Å². The topological polar surface area (TPSA) is 66.8 Å². The van der Waals surface area contributed by atoms with E-state index in [4.69, 9.17) is 9.97 Å². The molecule has 1 saturated heterocycles. The summed E-state index contributed by atoms with van der Waals surface area (Å²) in [6, 6.07) is 8.96. The highest BCUT2D eigenvalue weighted by Gasteiger charge is 2.35. The summed E-state index contributed by atoms with van der Waals surface area (Å²) < 4.78 is 80.4. The monoisotopic (exact) mass is 584 g/mol. The molecular weight excluding hydrogens is 558 g/mol. The van der Waals surface area contributed by atoms with Crippen LogP contribution in [-0.4, -0.2) is 31.4 Å². The van der Waals surface area contributed by atoms with Crippen molar-refractivity contribution in [3.05, 3.63) is 83.7 Å². The minimum atomic E-state index is -4.60. The lowest BCUT2D eigenvalue weighted by molar-refractivity contribution is -0.141. The first-order valence-electron chi connectivity index (χ1n) is 13.6. The Morgan fingerprint density at radius 3 is 2.50 bits per heavy atom. The van der Waals surface area contributed by atoms with E-state index in [-0.39, 0.29) is 16.9 Å². The van der Waals surface area contributed by atoms with Crippen LogP contribution in [0.3, 0.4) is 0 Å². The zero-order valence-corrected chi connectivity index (χ0v) is 22.3. The van der Waals surface area contributed by atoms with Gasteiger partial charge in [0.1, 0.15) is 11.5 Å². The zero-order valence-electron chi connectivity index (χ0n) is 22.3. The average Bonchev–Trinajstić information content (AvgIpc) is 2.96. The van der Waals surface area contributed by atoms with E-state index >= 15 is 0 Å². The molecule has 6 nitrogen and oxygen atoms in total. The third-order valence-electron chi connectivity index (χ3n) is 7.65. The van der Waals surface area contributed by atoms with Crippen LogP contribution in [0.4, 0.5) is 37.8 Å². The number of benzene rings is 1. The van der Waals surface area contributed by atoms with Gasteiger partial charge in [-0.2, -0.15) is 26.3 Å². The molecular formula is C30H26F6N6. The molecule has 1 unspecified atom stereocenters. The number of likely N-dealkylation sites (tertiary alicyclic amines) is 1. The van der Waals surface area contributed by atoms with Crippen molar-refractivity contribution < 1.29 is 26.3 Å². The minimum Gasteiger partial charge on any atom is -0.367 e. The van der Waals surface area contributed by atoms with Gasteiger partial charge in [-0.3, -0.25) is 4.98 Å². The Labute approximate surface area is 237 Å². The van der Waals surface area contributed by atoms with Gasteiger partial charge < -0.3 is 10.2 Å². The van der Waals surface area contributed by atoms with Crippen molar-refractivity contribution in [1.29, 1.82) is 0 Å². The fourth-order valence-electron chi connectivity index (χ4n) is 5.73. The Morgan fingerprint density at radius 1 is 0.905 bits per heavy atom. The maximum absolute atomic E-state index is 13.8. The second-order valence-electron chi connectivity index (χ2n) is 10.5. The number of aromatic nitrogens is 4. The van der Waals surface area contributed by atoms with Crippen LogP contribution in [-0.2, 0) is 18.9 Å². The normalized spacial score (nSPS) is 17.6. The van der Waals surface area contributed by atoms with Crippen LogP contribution in [0, 0.1) is 5.92 Å². The SMILES string of the molecule is FC(F)(F)c1ccc(Nc2nc(CN3CCCC4CCCC=C43)nc3cc(-c4ncccc4C(F)(F)F)ccc23)cn1. The summed E-state index contributed by atoms with van der Waals surface area (Å²) in [6.07, 6.45) is 0.893. The summed E-state index contributed by atoms with van der Waals surface area (Å²) in [5, 5.41) is 3.53. The molecule has 42 heavy (non-hydrogen) atoms. The first-order valence-corrected chi connectivity index (χ1v) is 13.6. The van der Waals surface area contributed by atoms with Gasteiger partial charge in [0.15, 0.2) is 5.82 Å². The van der Waals surface area contributed by atoms with E-state index < -0.39 is 23.6 Å². The molecule has 1 aliphatic carbocycles. The summed E-state index contributed by atoms with van der Waals surface area (Å²) >= 11 is 0. The predicted molar refractivity (Wildman–Crippen MR) is 145 cm³/mol. The molecule has 0 amide bonds. The lowest BCUT2D eigenvalue weighted by Crippen LogP contribution is -2.34. The van der Waals surface area contributed by atoms with E-state index in [0.29, 0.717) is 35.0 Å². The molecule has 218 valence electrons. The first kappa shape index (κ1) is 27.9. The van der Waals surface area contributed by atoms with Crippen LogP contribution in [0.1, 0.15) is 49.2 Å². The lowest BCUT2D eigenvalue weighted by Gasteiger charge is -2.39. The van der Waals surface area contributed by atoms with Crippen molar-refractivity contribution in [2.45, 2.75) is 51.0 Å². The van der Waals surface area contributed by atoms with Crippen molar-refractivity contribution in [3.63, 3.8) is 0 Å². The van der Waals surface area contributed by atoms with E-state index in [1.165, 1.54) is 36.2 Å². The third kappa shape index (κ3) is 5.75. The molecule has 0 radical (unpaired) electrons. The van der Waals surface area contributed by atoms with Crippen LogP contribution in [0.5, 0.6) is 0 Å². The second-order valence-corrected chi connectivity index (χ2v) is 10.5. The quantitative estimate of drug-likeness (QED) is 0.239. The third-order valence-corrected chi connectivity index (χ3v) is 7.65. The van der Waals surface area contributed by atoms with Crippen LogP contribution < -0.4 is 5.32 Å². The number of rotatable bonds is 5. The summed E-state index contributed by atoms with van der Waals surface area (Å²) in [6.45, 7) is 1.22. The van der Waals surface area contributed by atoms with E-state index in [1.807, 2.05) is 0 Å². The van der Waals surface area contributed by atoms with Gasteiger partial charge in [0.25, 0.3) is 0 Å². The number of nitrogens with one attached hydrogen (secondary N) is 1. The van der Waals surface area contributed by atoms with E-state index in [2.05, 4.69) is 26.3 Å². The molecule has 1 fully saturated rings. The summed E-state index contributed by atoms with van der Waals surface area (Å²) in [5.41, 5.74) is 0.0447. The van der Waals surface area contributed by atoms with Crippen molar-refractivity contribution in [2.24, 2.45) is 5.92 Å². The average molecular weight is 585 g/mol. The van der Waals surface area contributed by atoms with Gasteiger partial charge in [-0.15, -0.1) is 0 Å². The fourth-order valence-corrected chi connectivity index (χ4v) is 5.73. The molecule has 1 atom stereocenters. The molecule has 0 saturated carbocycles. The number of piperidine rings is 1. The van der Waals surface area contributed by atoms with Crippen LogP contribution >= 0.6 is 0 Å². The number of halogens is 6. The highest BCUT2D eigenvalue weighted by molar-refractivity contribution is 5.93. The number of allylic oxidation sites excluding steroid dienone is 2. The summed E-state index contributed by atoms with van der Waals surface area (Å²) in [7, 11) is 0. The summed E-state index contributed by atoms with van der Waals surface area (Å²) in [4.78, 5) is 19.2. The molecule has 3 aromatic heterocycles. The number of anilines is 2. The van der Waals surface area contributed by atoms with Crippen LogP contribution in [0.2, 0.25) is 0 Å². The standard InChI is InChI=1S/C30H26F6N6/c31-29(32,33)22-7-3-13-37-27(22)19-9-11-21-23(15-19)40-26(17-42-14-4-6-18-5-1-2-8-24(18)42)41-28(21)39-20-10-12-25(38-16-20)30(34,35)36/h3,7-13,15-16,18H,1-2,4-6,14,17H2,(H,39,40,41). The molecule has 0 bridgehead atoms. The Bertz CT molecular complexity index is 1630. The van der Waals surface area contributed by atoms with Gasteiger partial charge in [-0.05, 0) is 74.4 Å². The van der Waals surface area contributed by atoms with Gasteiger partial charge in [0.05, 0.1) is 35.2 Å². The number of nitrogens with zero attached hydrogens (tertiary/aromatic N) is 5. The molecule has 4 aromatic rings. The van der Waals surface area contributed by atoms with Crippen molar-refractivity contribution in [1.82, 2.24) is 24.8 Å². The van der Waals surface area contributed by atoms with Crippen molar-refractivity contribution in [2.75, 3.05) is 11.9 Å². The van der Waals surface area contributed by atoms with Gasteiger partial charge >= 0.3 is 12.4 Å². The van der Waals surface area contributed by atoms with Gasteiger partial charge in [-0.25, -0.2) is 15.0 Å². The number of pyridine rings is 2. The van der Waals surface area contributed by atoms with Gasteiger partial charge in [-0.1, -0.05) is 12.1 Å². The van der Waals surface area contributed by atoms with E-state index in [1.54, 1.807) is 6.07 Å². The zero-order chi connectivity index (χ0) is 29.5. The number of hydrogen-bond acceptors (Lipinski definition) is 6. The molecule has 1 aromatic carbocycles.